The first kappa shape index (κ1) is 14.4. The van der Waals surface area contributed by atoms with Crippen molar-refractivity contribution in [1.29, 1.82) is 0 Å². The van der Waals surface area contributed by atoms with Gasteiger partial charge in [0.05, 0.1) is 5.02 Å². The van der Waals surface area contributed by atoms with Crippen molar-refractivity contribution in [1.82, 2.24) is 5.32 Å². The van der Waals surface area contributed by atoms with E-state index in [0.717, 1.165) is 31.6 Å². The predicted octanol–water partition coefficient (Wildman–Crippen LogP) is 3.56. The van der Waals surface area contributed by atoms with Gasteiger partial charge in [-0.2, -0.15) is 0 Å². The van der Waals surface area contributed by atoms with Gasteiger partial charge in [0, 0.05) is 19.8 Å². The van der Waals surface area contributed by atoms with Gasteiger partial charge in [-0.3, -0.25) is 0 Å². The van der Waals surface area contributed by atoms with E-state index in [1.165, 1.54) is 6.07 Å². The van der Waals surface area contributed by atoms with Crippen LogP contribution in [0, 0.1) is 5.82 Å². The van der Waals surface area contributed by atoms with E-state index in [1.54, 1.807) is 13.2 Å². The van der Waals surface area contributed by atoms with Gasteiger partial charge < -0.3 is 10.1 Å². The minimum atomic E-state index is -0.362. The summed E-state index contributed by atoms with van der Waals surface area (Å²) in [7, 11) is 1.68. The third-order valence-corrected chi connectivity index (χ3v) is 2.94. The fourth-order valence-corrected chi connectivity index (χ4v) is 1.91. The predicted molar refractivity (Wildman–Crippen MR) is 68.9 cm³/mol. The molecule has 17 heavy (non-hydrogen) atoms. The van der Waals surface area contributed by atoms with Crippen molar-refractivity contribution in [3.05, 3.63) is 34.6 Å². The largest absolute Gasteiger partial charge is 0.385 e. The zero-order chi connectivity index (χ0) is 12.7. The Hall–Kier alpha value is -0.640. The molecule has 0 aliphatic rings. The maximum atomic E-state index is 13.4. The lowest BCUT2D eigenvalue weighted by atomic mass is 10.0. The number of hydrogen-bond acceptors (Lipinski definition) is 2. The first-order valence-corrected chi connectivity index (χ1v) is 6.24. The molecule has 2 nitrogen and oxygen atoms in total. The Bertz CT molecular complexity index is 346. The molecule has 0 spiro atoms. The van der Waals surface area contributed by atoms with Gasteiger partial charge in [-0.05, 0) is 37.1 Å². The van der Waals surface area contributed by atoms with Gasteiger partial charge in [-0.25, -0.2) is 4.39 Å². The maximum Gasteiger partial charge on any atom is 0.142 e. The summed E-state index contributed by atoms with van der Waals surface area (Å²) >= 11 is 5.67. The number of halogens is 2. The number of rotatable bonds is 7. The second-order valence-electron chi connectivity index (χ2n) is 3.92. The molecule has 0 amide bonds. The quantitative estimate of drug-likeness (QED) is 0.756. The molecule has 0 aromatic heterocycles. The number of nitrogens with one attached hydrogen (secondary N) is 1. The van der Waals surface area contributed by atoms with Gasteiger partial charge in [0.25, 0.3) is 0 Å². The van der Waals surface area contributed by atoms with Crippen LogP contribution in [0.15, 0.2) is 18.2 Å². The Morgan fingerprint density at radius 3 is 2.82 bits per heavy atom. The minimum absolute atomic E-state index is 0.155. The molecule has 1 aromatic carbocycles. The molecule has 0 aliphatic heterocycles. The molecule has 0 radical (unpaired) electrons. The first-order valence-electron chi connectivity index (χ1n) is 5.86. The molecule has 0 saturated heterocycles. The number of hydrogen-bond donors (Lipinski definition) is 1. The lowest BCUT2D eigenvalue weighted by molar-refractivity contribution is 0.189. The van der Waals surface area contributed by atoms with Gasteiger partial charge in [0.15, 0.2) is 0 Å². The number of methoxy groups -OCH3 is 1. The van der Waals surface area contributed by atoms with Crippen LogP contribution in [-0.4, -0.2) is 20.3 Å². The van der Waals surface area contributed by atoms with Gasteiger partial charge in [0.2, 0.25) is 0 Å². The summed E-state index contributed by atoms with van der Waals surface area (Å²) in [6.45, 7) is 3.61. The lowest BCUT2D eigenvalue weighted by Gasteiger charge is -2.18. The lowest BCUT2D eigenvalue weighted by Crippen LogP contribution is -2.21. The Kier molecular flexibility index (Phi) is 6.48. The summed E-state index contributed by atoms with van der Waals surface area (Å²) in [5, 5.41) is 3.51. The van der Waals surface area contributed by atoms with Crippen molar-refractivity contribution in [2.45, 2.75) is 25.8 Å². The Balaban J connectivity index is 2.70. The van der Waals surface area contributed by atoms with Crippen LogP contribution in [0.25, 0.3) is 0 Å². The van der Waals surface area contributed by atoms with Crippen LogP contribution in [0.2, 0.25) is 5.02 Å². The molecule has 0 heterocycles. The number of ether oxygens (including phenoxy) is 1. The normalized spacial score (nSPS) is 12.7. The molecule has 96 valence electrons. The fraction of sp³-hybridized carbons (Fsp3) is 0.538. The van der Waals surface area contributed by atoms with Crippen LogP contribution in [-0.2, 0) is 4.74 Å². The summed E-state index contributed by atoms with van der Waals surface area (Å²) in [5.74, 6) is -0.362. The summed E-state index contributed by atoms with van der Waals surface area (Å²) < 4.78 is 18.4. The molecule has 1 unspecified atom stereocenters. The van der Waals surface area contributed by atoms with Crippen LogP contribution < -0.4 is 5.32 Å². The summed E-state index contributed by atoms with van der Waals surface area (Å²) in [5.41, 5.74) is 0.935. The molecule has 1 rings (SSSR count). The Labute approximate surface area is 107 Å². The molecule has 0 aliphatic carbocycles. The van der Waals surface area contributed by atoms with E-state index in [9.17, 15) is 4.39 Å². The third-order valence-electron chi connectivity index (χ3n) is 2.64. The zero-order valence-electron chi connectivity index (χ0n) is 10.3. The highest BCUT2D eigenvalue weighted by atomic mass is 35.5. The van der Waals surface area contributed by atoms with Crippen LogP contribution in [0.1, 0.15) is 31.4 Å². The second kappa shape index (κ2) is 7.64. The van der Waals surface area contributed by atoms with E-state index in [0.29, 0.717) is 0 Å². The van der Waals surface area contributed by atoms with E-state index < -0.39 is 0 Å². The maximum absolute atomic E-state index is 13.4. The van der Waals surface area contributed by atoms with Crippen LogP contribution >= 0.6 is 11.6 Å². The molecule has 1 aromatic rings. The van der Waals surface area contributed by atoms with E-state index >= 15 is 0 Å². The monoisotopic (exact) mass is 259 g/mol. The first-order chi connectivity index (χ1) is 8.19. The van der Waals surface area contributed by atoms with Crippen molar-refractivity contribution in [3.63, 3.8) is 0 Å². The molecule has 0 fully saturated rings. The summed E-state index contributed by atoms with van der Waals surface area (Å²) in [6.07, 6.45) is 1.86. The van der Waals surface area contributed by atoms with E-state index in [2.05, 4.69) is 5.32 Å². The average molecular weight is 260 g/mol. The highest BCUT2D eigenvalue weighted by Gasteiger charge is 2.11. The highest BCUT2D eigenvalue weighted by molar-refractivity contribution is 6.30. The molecule has 1 N–H and O–H groups in total. The molecule has 0 saturated carbocycles. The van der Waals surface area contributed by atoms with E-state index in [1.807, 2.05) is 13.0 Å². The minimum Gasteiger partial charge on any atom is -0.385 e. The van der Waals surface area contributed by atoms with Gasteiger partial charge in [0.1, 0.15) is 5.82 Å². The average Bonchev–Trinajstić information content (AvgIpc) is 2.32. The van der Waals surface area contributed by atoms with Crippen molar-refractivity contribution in [2.24, 2.45) is 0 Å². The molecular formula is C13H19ClFNO. The van der Waals surface area contributed by atoms with Crippen LogP contribution in [0.4, 0.5) is 4.39 Å². The third kappa shape index (κ3) is 4.62. The smallest absolute Gasteiger partial charge is 0.142 e. The fourth-order valence-electron chi connectivity index (χ4n) is 1.79. The van der Waals surface area contributed by atoms with Crippen molar-refractivity contribution in [2.75, 3.05) is 20.3 Å². The van der Waals surface area contributed by atoms with E-state index in [4.69, 9.17) is 16.3 Å². The van der Waals surface area contributed by atoms with Gasteiger partial charge >= 0.3 is 0 Å². The molecule has 4 heteroatoms. The van der Waals surface area contributed by atoms with Gasteiger partial charge in [-0.1, -0.05) is 24.6 Å². The zero-order valence-corrected chi connectivity index (χ0v) is 11.1. The second-order valence-corrected chi connectivity index (χ2v) is 4.33. The van der Waals surface area contributed by atoms with Gasteiger partial charge in [-0.15, -0.1) is 0 Å². The molecular weight excluding hydrogens is 241 g/mol. The Morgan fingerprint density at radius 1 is 1.47 bits per heavy atom. The molecule has 1 atom stereocenters. The Morgan fingerprint density at radius 2 is 2.24 bits per heavy atom. The standard InChI is InChI=1S/C13H19ClFNO/c1-3-16-13(5-4-8-17-2)10-6-7-11(14)12(15)9-10/h6-7,9,13,16H,3-5,8H2,1-2H3. The topological polar surface area (TPSA) is 21.3 Å². The van der Waals surface area contributed by atoms with Crippen molar-refractivity contribution in [3.8, 4) is 0 Å². The van der Waals surface area contributed by atoms with E-state index in [-0.39, 0.29) is 16.9 Å². The molecule has 0 bridgehead atoms. The van der Waals surface area contributed by atoms with Crippen molar-refractivity contribution >= 4 is 11.6 Å². The van der Waals surface area contributed by atoms with Crippen LogP contribution in [0.3, 0.4) is 0 Å². The SMILES string of the molecule is CCNC(CCCOC)c1ccc(Cl)c(F)c1. The van der Waals surface area contributed by atoms with Crippen LogP contribution in [0.5, 0.6) is 0 Å². The van der Waals surface area contributed by atoms with Crippen molar-refractivity contribution < 1.29 is 9.13 Å². The highest BCUT2D eigenvalue weighted by Crippen LogP contribution is 2.23. The number of benzene rings is 1. The summed E-state index contributed by atoms with van der Waals surface area (Å²) in [4.78, 5) is 0. The summed E-state index contributed by atoms with van der Waals surface area (Å²) in [6, 6.07) is 5.13.